The summed E-state index contributed by atoms with van der Waals surface area (Å²) in [4.78, 5) is 1.84. The van der Waals surface area contributed by atoms with Gasteiger partial charge >= 0.3 is 0 Å². The van der Waals surface area contributed by atoms with Gasteiger partial charge in [0.25, 0.3) is 0 Å². The zero-order valence-corrected chi connectivity index (χ0v) is 10.4. The van der Waals surface area contributed by atoms with Crippen molar-refractivity contribution in [3.05, 3.63) is 59.7 Å². The van der Waals surface area contributed by atoms with E-state index in [-0.39, 0.29) is 11.4 Å². The van der Waals surface area contributed by atoms with Crippen LogP contribution in [0.4, 0.5) is 20.2 Å². The van der Waals surface area contributed by atoms with E-state index >= 15 is 0 Å². The molecule has 2 aromatic rings. The molecular formula is C15H12F2N2. The van der Waals surface area contributed by atoms with Crippen molar-refractivity contribution in [2.45, 2.75) is 6.92 Å². The summed E-state index contributed by atoms with van der Waals surface area (Å²) in [5, 5.41) is 8.71. The van der Waals surface area contributed by atoms with Crippen LogP contribution in [0.25, 0.3) is 0 Å². The summed E-state index contributed by atoms with van der Waals surface area (Å²) in [6, 6.07) is 12.2. The monoisotopic (exact) mass is 258 g/mol. The van der Waals surface area contributed by atoms with Crippen LogP contribution in [0.15, 0.2) is 42.5 Å². The van der Waals surface area contributed by atoms with E-state index in [1.807, 2.05) is 11.8 Å². The van der Waals surface area contributed by atoms with Gasteiger partial charge < -0.3 is 4.90 Å². The molecule has 0 unspecified atom stereocenters. The van der Waals surface area contributed by atoms with Gasteiger partial charge in [-0.2, -0.15) is 5.26 Å². The normalized spacial score (nSPS) is 10.0. The van der Waals surface area contributed by atoms with Crippen LogP contribution in [0, 0.1) is 23.0 Å². The van der Waals surface area contributed by atoms with Crippen molar-refractivity contribution in [1.82, 2.24) is 0 Å². The molecule has 0 aliphatic rings. The predicted octanol–water partition coefficient (Wildman–Crippen LogP) is 3.99. The Balaban J connectivity index is 2.40. The molecule has 2 aromatic carbocycles. The lowest BCUT2D eigenvalue weighted by molar-refractivity contribution is 0.623. The smallest absolute Gasteiger partial charge is 0.143 e. The highest BCUT2D eigenvalue weighted by Gasteiger charge is 2.10. The predicted molar refractivity (Wildman–Crippen MR) is 70.2 cm³/mol. The molecular weight excluding hydrogens is 246 g/mol. The van der Waals surface area contributed by atoms with Crippen LogP contribution >= 0.6 is 0 Å². The Kier molecular flexibility index (Phi) is 3.76. The molecule has 19 heavy (non-hydrogen) atoms. The van der Waals surface area contributed by atoms with E-state index in [4.69, 9.17) is 5.26 Å². The Morgan fingerprint density at radius 3 is 2.21 bits per heavy atom. The number of rotatable bonds is 3. The summed E-state index contributed by atoms with van der Waals surface area (Å²) in [5.41, 5.74) is 1.41. The lowest BCUT2D eigenvalue weighted by atomic mass is 10.1. The lowest BCUT2D eigenvalue weighted by Gasteiger charge is -2.23. The topological polar surface area (TPSA) is 27.0 Å². The van der Waals surface area contributed by atoms with E-state index in [1.165, 1.54) is 24.3 Å². The summed E-state index contributed by atoms with van der Waals surface area (Å²) < 4.78 is 26.5. The number of halogens is 2. The maximum atomic E-state index is 13.6. The maximum absolute atomic E-state index is 13.6. The van der Waals surface area contributed by atoms with Crippen LogP contribution in [0.2, 0.25) is 0 Å². The number of hydrogen-bond acceptors (Lipinski definition) is 2. The van der Waals surface area contributed by atoms with Crippen LogP contribution in [-0.4, -0.2) is 6.54 Å². The van der Waals surface area contributed by atoms with Gasteiger partial charge in [-0.25, -0.2) is 8.78 Å². The van der Waals surface area contributed by atoms with Crippen molar-refractivity contribution in [3.8, 4) is 6.07 Å². The van der Waals surface area contributed by atoms with Crippen molar-refractivity contribution in [3.63, 3.8) is 0 Å². The molecule has 0 atom stereocenters. The minimum Gasteiger partial charge on any atom is -0.342 e. The van der Waals surface area contributed by atoms with Crippen LogP contribution in [0.1, 0.15) is 12.5 Å². The van der Waals surface area contributed by atoms with Gasteiger partial charge in [-0.3, -0.25) is 0 Å². The molecule has 0 bridgehead atoms. The van der Waals surface area contributed by atoms with Crippen LogP contribution in [-0.2, 0) is 0 Å². The molecule has 0 spiro atoms. The van der Waals surface area contributed by atoms with E-state index < -0.39 is 5.82 Å². The largest absolute Gasteiger partial charge is 0.342 e. The number of nitriles is 1. The molecule has 2 nitrogen and oxygen atoms in total. The summed E-state index contributed by atoms with van der Waals surface area (Å²) in [5.74, 6) is -0.869. The molecule has 4 heteroatoms. The van der Waals surface area contributed by atoms with E-state index in [0.29, 0.717) is 12.2 Å². The van der Waals surface area contributed by atoms with Crippen molar-refractivity contribution < 1.29 is 8.78 Å². The third-order valence-electron chi connectivity index (χ3n) is 2.84. The van der Waals surface area contributed by atoms with Crippen LogP contribution < -0.4 is 4.90 Å². The van der Waals surface area contributed by atoms with Crippen LogP contribution in [0.3, 0.4) is 0 Å². The van der Waals surface area contributed by atoms with Gasteiger partial charge in [0.2, 0.25) is 0 Å². The second-order valence-corrected chi connectivity index (χ2v) is 4.00. The van der Waals surface area contributed by atoms with E-state index in [1.54, 1.807) is 24.3 Å². The van der Waals surface area contributed by atoms with Gasteiger partial charge in [-0.1, -0.05) is 0 Å². The fourth-order valence-electron chi connectivity index (χ4n) is 1.90. The lowest BCUT2D eigenvalue weighted by Crippen LogP contribution is -2.16. The SMILES string of the molecule is CCN(c1ccc(F)cc1)c1ccc(C#N)c(F)c1. The Morgan fingerprint density at radius 1 is 1.05 bits per heavy atom. The highest BCUT2D eigenvalue weighted by molar-refractivity contribution is 5.64. The first-order valence-electron chi connectivity index (χ1n) is 5.88. The highest BCUT2D eigenvalue weighted by atomic mass is 19.1. The van der Waals surface area contributed by atoms with E-state index in [9.17, 15) is 8.78 Å². The Morgan fingerprint density at radius 2 is 1.68 bits per heavy atom. The molecule has 2 rings (SSSR count). The molecule has 0 aromatic heterocycles. The summed E-state index contributed by atoms with van der Waals surface area (Å²) in [6.45, 7) is 2.52. The molecule has 0 aliphatic heterocycles. The van der Waals surface area contributed by atoms with Crippen molar-refractivity contribution in [2.75, 3.05) is 11.4 Å². The number of benzene rings is 2. The van der Waals surface area contributed by atoms with Gasteiger partial charge in [-0.05, 0) is 49.4 Å². The maximum Gasteiger partial charge on any atom is 0.143 e. The number of anilines is 2. The fourth-order valence-corrected chi connectivity index (χ4v) is 1.90. The van der Waals surface area contributed by atoms with Gasteiger partial charge in [0.05, 0.1) is 5.56 Å². The molecule has 0 fully saturated rings. The van der Waals surface area contributed by atoms with Crippen molar-refractivity contribution in [2.24, 2.45) is 0 Å². The molecule has 0 amide bonds. The third kappa shape index (κ3) is 2.71. The summed E-state index contributed by atoms with van der Waals surface area (Å²) in [7, 11) is 0. The minimum atomic E-state index is -0.555. The first-order valence-corrected chi connectivity index (χ1v) is 5.88. The van der Waals surface area contributed by atoms with Crippen molar-refractivity contribution in [1.29, 1.82) is 5.26 Å². The minimum absolute atomic E-state index is 0.0129. The number of nitrogens with zero attached hydrogens (tertiary/aromatic N) is 2. The first-order chi connectivity index (χ1) is 9.15. The summed E-state index contributed by atoms with van der Waals surface area (Å²) >= 11 is 0. The zero-order valence-electron chi connectivity index (χ0n) is 10.4. The molecule has 96 valence electrons. The standard InChI is InChI=1S/C15H12F2N2/c1-2-19(13-7-4-12(16)5-8-13)14-6-3-11(10-18)15(17)9-14/h3-9H,2H2,1H3. The summed E-state index contributed by atoms with van der Waals surface area (Å²) in [6.07, 6.45) is 0. The molecule has 0 aliphatic carbocycles. The highest BCUT2D eigenvalue weighted by Crippen LogP contribution is 2.26. The molecule has 0 radical (unpaired) electrons. The van der Waals surface area contributed by atoms with Gasteiger partial charge in [-0.15, -0.1) is 0 Å². The van der Waals surface area contributed by atoms with Crippen molar-refractivity contribution >= 4 is 11.4 Å². The van der Waals surface area contributed by atoms with Crippen LogP contribution in [0.5, 0.6) is 0 Å². The Labute approximate surface area is 110 Å². The average molecular weight is 258 g/mol. The second-order valence-electron chi connectivity index (χ2n) is 4.00. The molecule has 0 heterocycles. The Bertz CT molecular complexity index is 615. The Hall–Kier alpha value is -2.41. The molecule has 0 saturated carbocycles. The van der Waals surface area contributed by atoms with Gasteiger partial charge in [0.15, 0.2) is 0 Å². The second kappa shape index (κ2) is 5.49. The first kappa shape index (κ1) is 13.0. The quantitative estimate of drug-likeness (QED) is 0.832. The van der Waals surface area contributed by atoms with Gasteiger partial charge in [0, 0.05) is 17.9 Å². The molecule has 0 N–H and O–H groups in total. The average Bonchev–Trinajstić information content (AvgIpc) is 2.42. The van der Waals surface area contributed by atoms with E-state index in [0.717, 1.165) is 5.69 Å². The third-order valence-corrected chi connectivity index (χ3v) is 2.84. The fraction of sp³-hybridized carbons (Fsp3) is 0.133. The molecule has 0 saturated heterocycles. The van der Waals surface area contributed by atoms with Gasteiger partial charge in [0.1, 0.15) is 17.7 Å². The van der Waals surface area contributed by atoms with E-state index in [2.05, 4.69) is 0 Å². The zero-order chi connectivity index (χ0) is 13.8. The number of hydrogen-bond donors (Lipinski definition) is 0.